The number of nitrogens with one attached hydrogen (secondary N) is 1. The molecule has 1 unspecified atom stereocenters. The van der Waals surface area contributed by atoms with Gasteiger partial charge in [-0.1, -0.05) is 27.5 Å². The molecule has 0 radical (unpaired) electrons. The second-order valence-electron chi connectivity index (χ2n) is 4.45. The quantitative estimate of drug-likeness (QED) is 0.597. The van der Waals surface area contributed by atoms with Crippen molar-refractivity contribution in [3.63, 3.8) is 0 Å². The molecule has 0 amide bonds. The molecule has 20 heavy (non-hydrogen) atoms. The number of halogens is 4. The second-order valence-corrected chi connectivity index (χ2v) is 6.95. The van der Waals surface area contributed by atoms with Gasteiger partial charge in [0.25, 0.3) is 0 Å². The molecule has 1 N–H and O–H groups in total. The van der Waals surface area contributed by atoms with Crippen LogP contribution >= 0.6 is 50.1 Å². The summed E-state index contributed by atoms with van der Waals surface area (Å²) in [5, 5.41) is 3.86. The van der Waals surface area contributed by atoms with Crippen LogP contribution in [0.4, 0.5) is 4.39 Å². The molecule has 0 spiro atoms. The van der Waals surface area contributed by atoms with Gasteiger partial charge in [-0.3, -0.25) is 0 Å². The number of hydrogen-bond donors (Lipinski definition) is 1. The van der Waals surface area contributed by atoms with Crippen molar-refractivity contribution in [3.8, 4) is 0 Å². The topological polar surface area (TPSA) is 12.0 Å². The van der Waals surface area contributed by atoms with Gasteiger partial charge in [0.05, 0.1) is 0 Å². The monoisotopic (exact) mass is 467 g/mol. The molecule has 2 rings (SSSR count). The fourth-order valence-corrected chi connectivity index (χ4v) is 3.30. The summed E-state index contributed by atoms with van der Waals surface area (Å²) in [5.74, 6) is -0.263. The first-order valence-corrected chi connectivity index (χ1v) is 8.32. The molecule has 5 heteroatoms. The first-order chi connectivity index (χ1) is 9.51. The van der Waals surface area contributed by atoms with Crippen LogP contribution in [0.15, 0.2) is 40.9 Å². The van der Waals surface area contributed by atoms with E-state index in [0.717, 1.165) is 19.2 Å². The van der Waals surface area contributed by atoms with Gasteiger partial charge in [0.1, 0.15) is 5.82 Å². The van der Waals surface area contributed by atoms with Gasteiger partial charge in [-0.05, 0) is 83.6 Å². The predicted molar refractivity (Wildman–Crippen MR) is 93.8 cm³/mol. The summed E-state index contributed by atoms with van der Waals surface area (Å²) in [7, 11) is 1.89. The number of hydrogen-bond acceptors (Lipinski definition) is 1. The number of likely N-dealkylation sites (N-methyl/N-ethyl adjacent to an activating group) is 1. The molecule has 0 aliphatic rings. The Labute approximate surface area is 145 Å². The van der Waals surface area contributed by atoms with Gasteiger partial charge in [0.15, 0.2) is 0 Å². The van der Waals surface area contributed by atoms with Crippen LogP contribution in [-0.2, 0) is 6.42 Å². The smallest absolute Gasteiger partial charge is 0.123 e. The van der Waals surface area contributed by atoms with E-state index in [-0.39, 0.29) is 11.9 Å². The van der Waals surface area contributed by atoms with Crippen molar-refractivity contribution >= 4 is 50.1 Å². The van der Waals surface area contributed by atoms with E-state index in [4.69, 9.17) is 11.6 Å². The Morgan fingerprint density at radius 3 is 2.75 bits per heavy atom. The highest BCUT2D eigenvalue weighted by molar-refractivity contribution is 14.1. The molecule has 0 heterocycles. The molecule has 0 saturated carbocycles. The molecule has 1 nitrogen and oxygen atoms in total. The minimum Gasteiger partial charge on any atom is -0.313 e. The van der Waals surface area contributed by atoms with E-state index in [1.165, 1.54) is 12.1 Å². The lowest BCUT2D eigenvalue weighted by Crippen LogP contribution is -2.19. The Balaban J connectivity index is 2.33. The van der Waals surface area contributed by atoms with Gasteiger partial charge in [-0.15, -0.1) is 0 Å². The van der Waals surface area contributed by atoms with Crippen LogP contribution in [0.5, 0.6) is 0 Å². The molecule has 0 fully saturated rings. The maximum absolute atomic E-state index is 13.4. The standard InChI is InChI=1S/C15H13BrClFIN/c1-20-15(12-8-11(19)3-4-13(12)16)7-9-6-10(18)2-5-14(9)17/h2-6,8,15,20H,7H2,1H3. The van der Waals surface area contributed by atoms with Gasteiger partial charge in [0, 0.05) is 19.1 Å². The Bertz CT molecular complexity index is 621. The summed E-state index contributed by atoms with van der Waals surface area (Å²) in [5.41, 5.74) is 1.94. The Morgan fingerprint density at radius 2 is 2.05 bits per heavy atom. The Kier molecular flexibility index (Phi) is 5.84. The fraction of sp³-hybridized carbons (Fsp3) is 0.200. The molecule has 0 bridgehead atoms. The molecular weight excluding hydrogens is 455 g/mol. The average molecular weight is 469 g/mol. The SMILES string of the molecule is CNC(Cc1cc(F)ccc1Cl)c1cc(I)ccc1Br. The van der Waals surface area contributed by atoms with E-state index >= 15 is 0 Å². The molecular formula is C15H13BrClFIN. The van der Waals surface area contributed by atoms with Crippen molar-refractivity contribution < 1.29 is 4.39 Å². The largest absolute Gasteiger partial charge is 0.313 e. The van der Waals surface area contributed by atoms with E-state index in [1.807, 2.05) is 19.2 Å². The van der Waals surface area contributed by atoms with Crippen molar-refractivity contribution in [2.45, 2.75) is 12.5 Å². The lowest BCUT2D eigenvalue weighted by atomic mass is 9.99. The van der Waals surface area contributed by atoms with Crippen molar-refractivity contribution in [2.24, 2.45) is 0 Å². The Morgan fingerprint density at radius 1 is 1.30 bits per heavy atom. The molecule has 0 aliphatic heterocycles. The van der Waals surface area contributed by atoms with Gasteiger partial charge >= 0.3 is 0 Å². The van der Waals surface area contributed by atoms with Crippen molar-refractivity contribution in [1.82, 2.24) is 5.32 Å². The van der Waals surface area contributed by atoms with E-state index in [9.17, 15) is 4.39 Å². The summed E-state index contributed by atoms with van der Waals surface area (Å²) in [4.78, 5) is 0. The van der Waals surface area contributed by atoms with Gasteiger partial charge in [-0.25, -0.2) is 4.39 Å². The predicted octanol–water partition coefficient (Wildman–Crippen LogP) is 5.35. The molecule has 0 aromatic heterocycles. The fourth-order valence-electron chi connectivity index (χ4n) is 2.07. The first kappa shape index (κ1) is 16.2. The highest BCUT2D eigenvalue weighted by Gasteiger charge is 2.15. The van der Waals surface area contributed by atoms with Crippen molar-refractivity contribution in [1.29, 1.82) is 0 Å². The third kappa shape index (κ3) is 3.93. The minimum atomic E-state index is -0.263. The van der Waals surface area contributed by atoms with E-state index in [1.54, 1.807) is 6.07 Å². The maximum Gasteiger partial charge on any atom is 0.123 e. The zero-order valence-electron chi connectivity index (χ0n) is 10.8. The first-order valence-electron chi connectivity index (χ1n) is 6.07. The van der Waals surface area contributed by atoms with Crippen LogP contribution in [0.2, 0.25) is 5.02 Å². The zero-order chi connectivity index (χ0) is 14.7. The average Bonchev–Trinajstić information content (AvgIpc) is 2.42. The molecule has 0 saturated heterocycles. The minimum absolute atomic E-state index is 0.0680. The van der Waals surface area contributed by atoms with Crippen LogP contribution in [0.25, 0.3) is 0 Å². The van der Waals surface area contributed by atoms with Crippen LogP contribution in [-0.4, -0.2) is 7.05 Å². The van der Waals surface area contributed by atoms with Crippen LogP contribution in [0, 0.1) is 9.39 Å². The van der Waals surface area contributed by atoms with Crippen molar-refractivity contribution in [2.75, 3.05) is 7.05 Å². The number of benzene rings is 2. The Hall–Kier alpha value is -0.170. The van der Waals surface area contributed by atoms with Crippen LogP contribution in [0.3, 0.4) is 0 Å². The molecule has 2 aromatic rings. The van der Waals surface area contributed by atoms with Gasteiger partial charge < -0.3 is 5.32 Å². The summed E-state index contributed by atoms with van der Waals surface area (Å²) < 4.78 is 15.5. The molecule has 106 valence electrons. The number of rotatable bonds is 4. The highest BCUT2D eigenvalue weighted by atomic mass is 127. The van der Waals surface area contributed by atoms with E-state index < -0.39 is 0 Å². The third-order valence-corrected chi connectivity index (χ3v) is 4.88. The molecule has 0 aliphatic carbocycles. The van der Waals surface area contributed by atoms with Crippen LogP contribution in [0.1, 0.15) is 17.2 Å². The summed E-state index contributed by atoms with van der Waals surface area (Å²) in [6.45, 7) is 0. The second kappa shape index (κ2) is 7.20. The van der Waals surface area contributed by atoms with Gasteiger partial charge in [-0.2, -0.15) is 0 Å². The lowest BCUT2D eigenvalue weighted by molar-refractivity contribution is 0.582. The molecule has 2 aromatic carbocycles. The normalized spacial score (nSPS) is 12.4. The highest BCUT2D eigenvalue weighted by Crippen LogP contribution is 2.29. The van der Waals surface area contributed by atoms with Crippen LogP contribution < -0.4 is 5.32 Å². The van der Waals surface area contributed by atoms with Gasteiger partial charge in [0.2, 0.25) is 0 Å². The lowest BCUT2D eigenvalue weighted by Gasteiger charge is -2.19. The van der Waals surface area contributed by atoms with E-state index in [2.05, 4.69) is 49.9 Å². The van der Waals surface area contributed by atoms with E-state index in [0.29, 0.717) is 11.4 Å². The third-order valence-electron chi connectivity index (χ3n) is 3.11. The molecule has 1 atom stereocenters. The van der Waals surface area contributed by atoms with Crippen molar-refractivity contribution in [3.05, 3.63) is 66.4 Å². The summed E-state index contributed by atoms with van der Waals surface area (Å²) >= 11 is 12.0. The zero-order valence-corrected chi connectivity index (χ0v) is 15.3. The maximum atomic E-state index is 13.4. The summed E-state index contributed by atoms with van der Waals surface area (Å²) in [6, 6.07) is 10.7. The summed E-state index contributed by atoms with van der Waals surface area (Å²) in [6.07, 6.45) is 0.631.